The third kappa shape index (κ3) is 3.97. The second-order valence-corrected chi connectivity index (χ2v) is 6.45. The van der Waals surface area contributed by atoms with Gasteiger partial charge in [-0.05, 0) is 36.1 Å². The molecule has 0 aliphatic heterocycles. The molecule has 0 atom stereocenters. The lowest BCUT2D eigenvalue weighted by atomic mass is 10.1. The predicted octanol–water partition coefficient (Wildman–Crippen LogP) is 3.46. The van der Waals surface area contributed by atoms with Gasteiger partial charge < -0.3 is 14.6 Å². The number of carbonyl (C=O) groups is 2. The number of esters is 1. The van der Waals surface area contributed by atoms with Crippen LogP contribution in [0.15, 0.2) is 40.2 Å². The van der Waals surface area contributed by atoms with E-state index in [0.717, 1.165) is 4.88 Å². The highest BCUT2D eigenvalue weighted by molar-refractivity contribution is 7.13. The van der Waals surface area contributed by atoms with Crippen LogP contribution in [0.1, 0.15) is 28.2 Å². The predicted molar refractivity (Wildman–Crippen MR) is 97.1 cm³/mol. The van der Waals surface area contributed by atoms with Crippen molar-refractivity contribution in [1.29, 1.82) is 0 Å². The zero-order valence-electron chi connectivity index (χ0n) is 14.3. The van der Waals surface area contributed by atoms with Crippen molar-refractivity contribution in [3.8, 4) is 10.7 Å². The monoisotopic (exact) mass is 371 g/mol. The van der Waals surface area contributed by atoms with Crippen LogP contribution in [0.5, 0.6) is 0 Å². The van der Waals surface area contributed by atoms with Gasteiger partial charge in [0.1, 0.15) is 0 Å². The van der Waals surface area contributed by atoms with E-state index in [9.17, 15) is 9.59 Å². The summed E-state index contributed by atoms with van der Waals surface area (Å²) in [6.45, 7) is 1.76. The number of anilines is 1. The molecule has 1 aromatic carbocycles. The Balaban J connectivity index is 1.61. The second kappa shape index (κ2) is 7.92. The first-order valence-corrected chi connectivity index (χ1v) is 8.80. The van der Waals surface area contributed by atoms with E-state index in [1.807, 2.05) is 17.5 Å². The van der Waals surface area contributed by atoms with Gasteiger partial charge in [0.25, 0.3) is 0 Å². The number of hydrogen-bond acceptors (Lipinski definition) is 7. The summed E-state index contributed by atoms with van der Waals surface area (Å²) in [4.78, 5) is 29.1. The van der Waals surface area contributed by atoms with Crippen LogP contribution in [-0.4, -0.2) is 29.1 Å². The minimum absolute atomic E-state index is 0.188. The van der Waals surface area contributed by atoms with Crippen LogP contribution >= 0.6 is 11.3 Å². The molecule has 0 spiro atoms. The van der Waals surface area contributed by atoms with Crippen molar-refractivity contribution in [2.24, 2.45) is 0 Å². The fourth-order valence-electron chi connectivity index (χ4n) is 2.40. The molecule has 2 heterocycles. The topological polar surface area (TPSA) is 94.3 Å². The number of nitrogens with zero attached hydrogens (tertiary/aromatic N) is 2. The van der Waals surface area contributed by atoms with Gasteiger partial charge in [-0.15, -0.1) is 11.3 Å². The van der Waals surface area contributed by atoms with Gasteiger partial charge in [0.2, 0.25) is 17.6 Å². The summed E-state index contributed by atoms with van der Waals surface area (Å²) in [5.41, 5.74) is 1.65. The zero-order chi connectivity index (χ0) is 18.5. The van der Waals surface area contributed by atoms with Crippen molar-refractivity contribution in [2.45, 2.75) is 19.8 Å². The Morgan fingerprint density at radius 2 is 2.12 bits per heavy atom. The molecule has 0 bridgehead atoms. The van der Waals surface area contributed by atoms with Crippen molar-refractivity contribution >= 4 is 28.9 Å². The van der Waals surface area contributed by atoms with E-state index in [1.54, 1.807) is 25.1 Å². The molecule has 0 aliphatic rings. The Morgan fingerprint density at radius 3 is 2.85 bits per heavy atom. The van der Waals surface area contributed by atoms with Crippen LogP contribution in [0.25, 0.3) is 10.7 Å². The molecule has 3 rings (SSSR count). The highest BCUT2D eigenvalue weighted by atomic mass is 32.1. The van der Waals surface area contributed by atoms with E-state index in [-0.39, 0.29) is 12.3 Å². The van der Waals surface area contributed by atoms with Crippen LogP contribution in [0.2, 0.25) is 0 Å². The molecule has 26 heavy (non-hydrogen) atoms. The van der Waals surface area contributed by atoms with Gasteiger partial charge in [-0.25, -0.2) is 4.79 Å². The van der Waals surface area contributed by atoms with E-state index in [1.165, 1.54) is 18.4 Å². The van der Waals surface area contributed by atoms with Crippen LogP contribution in [0.3, 0.4) is 0 Å². The van der Waals surface area contributed by atoms with E-state index >= 15 is 0 Å². The second-order valence-electron chi connectivity index (χ2n) is 5.51. The maximum atomic E-state index is 12.2. The van der Waals surface area contributed by atoms with Gasteiger partial charge in [0.15, 0.2) is 0 Å². The number of nitrogens with one attached hydrogen (secondary N) is 1. The van der Waals surface area contributed by atoms with Crippen molar-refractivity contribution in [1.82, 2.24) is 10.1 Å². The standard InChI is InChI=1S/C18H17N3O4S/c1-11-12(18(23)24-2)5-3-6-13(11)19-15(22)8-9-16-20-17(21-25-16)14-7-4-10-26-14/h3-7,10H,8-9H2,1-2H3,(H,19,22). The number of amides is 1. The largest absolute Gasteiger partial charge is 0.465 e. The molecule has 7 nitrogen and oxygen atoms in total. The number of rotatable bonds is 6. The van der Waals surface area contributed by atoms with Gasteiger partial charge in [0, 0.05) is 18.5 Å². The summed E-state index contributed by atoms with van der Waals surface area (Å²) >= 11 is 1.52. The van der Waals surface area contributed by atoms with Crippen molar-refractivity contribution < 1.29 is 18.8 Å². The maximum absolute atomic E-state index is 12.2. The number of methoxy groups -OCH3 is 1. The lowest BCUT2D eigenvalue weighted by molar-refractivity contribution is -0.116. The van der Waals surface area contributed by atoms with Gasteiger partial charge >= 0.3 is 5.97 Å². The average molecular weight is 371 g/mol. The SMILES string of the molecule is COC(=O)c1cccc(NC(=O)CCc2nc(-c3cccs3)no2)c1C. The third-order valence-corrected chi connectivity index (χ3v) is 4.65. The van der Waals surface area contributed by atoms with Gasteiger partial charge in [-0.2, -0.15) is 4.98 Å². The van der Waals surface area contributed by atoms with E-state index < -0.39 is 5.97 Å². The van der Waals surface area contributed by atoms with Crippen molar-refractivity contribution in [3.63, 3.8) is 0 Å². The zero-order valence-corrected chi connectivity index (χ0v) is 15.1. The molecule has 1 N–H and O–H groups in total. The Bertz CT molecular complexity index is 918. The molecule has 0 unspecified atom stereocenters. The number of benzene rings is 1. The summed E-state index contributed by atoms with van der Waals surface area (Å²) in [5.74, 6) is 0.289. The number of aryl methyl sites for hydroxylation is 1. The first-order chi connectivity index (χ1) is 12.6. The molecule has 8 heteroatoms. The third-order valence-electron chi connectivity index (χ3n) is 3.79. The van der Waals surface area contributed by atoms with Crippen molar-refractivity contribution in [3.05, 3.63) is 52.7 Å². The van der Waals surface area contributed by atoms with Crippen LogP contribution in [0, 0.1) is 6.92 Å². The minimum Gasteiger partial charge on any atom is -0.465 e. The summed E-state index contributed by atoms with van der Waals surface area (Å²) in [7, 11) is 1.32. The Hall–Kier alpha value is -3.00. The first-order valence-electron chi connectivity index (χ1n) is 7.92. The van der Waals surface area contributed by atoms with Crippen LogP contribution in [0.4, 0.5) is 5.69 Å². The molecular formula is C18H17N3O4S. The molecule has 0 fully saturated rings. The van der Waals surface area contributed by atoms with Gasteiger partial charge in [-0.3, -0.25) is 4.79 Å². The first kappa shape index (κ1) is 17.8. The molecule has 2 aromatic heterocycles. The summed E-state index contributed by atoms with van der Waals surface area (Å²) < 4.78 is 9.92. The molecule has 3 aromatic rings. The van der Waals surface area contributed by atoms with E-state index in [4.69, 9.17) is 9.26 Å². The molecule has 0 radical (unpaired) electrons. The Labute approximate surface area is 154 Å². The molecule has 0 saturated heterocycles. The fraction of sp³-hybridized carbons (Fsp3) is 0.222. The molecule has 0 saturated carbocycles. The smallest absolute Gasteiger partial charge is 0.338 e. The van der Waals surface area contributed by atoms with Crippen molar-refractivity contribution in [2.75, 3.05) is 12.4 Å². The average Bonchev–Trinajstić information content (AvgIpc) is 3.32. The number of aromatic nitrogens is 2. The molecular weight excluding hydrogens is 354 g/mol. The summed E-state index contributed by atoms with van der Waals surface area (Å²) in [5, 5.41) is 8.65. The highest BCUT2D eigenvalue weighted by Gasteiger charge is 2.15. The maximum Gasteiger partial charge on any atom is 0.338 e. The normalized spacial score (nSPS) is 10.5. The van der Waals surface area contributed by atoms with E-state index in [2.05, 4.69) is 15.5 Å². The Kier molecular flexibility index (Phi) is 5.43. The van der Waals surface area contributed by atoms with Gasteiger partial charge in [0.05, 0.1) is 17.6 Å². The Morgan fingerprint density at radius 1 is 1.27 bits per heavy atom. The number of carbonyl (C=O) groups excluding carboxylic acids is 2. The number of ether oxygens (including phenoxy) is 1. The molecule has 0 aliphatic carbocycles. The van der Waals surface area contributed by atoms with Crippen LogP contribution in [-0.2, 0) is 16.0 Å². The van der Waals surface area contributed by atoms with Crippen LogP contribution < -0.4 is 5.32 Å². The lowest BCUT2D eigenvalue weighted by Crippen LogP contribution is -2.15. The summed E-state index contributed by atoms with van der Waals surface area (Å²) in [6, 6.07) is 8.90. The molecule has 1 amide bonds. The minimum atomic E-state index is -0.439. The van der Waals surface area contributed by atoms with E-state index in [0.29, 0.717) is 35.0 Å². The summed E-state index contributed by atoms with van der Waals surface area (Å²) in [6.07, 6.45) is 0.522. The number of hydrogen-bond donors (Lipinski definition) is 1. The number of thiophene rings is 1. The fourth-order valence-corrected chi connectivity index (χ4v) is 3.05. The van der Waals surface area contributed by atoms with Gasteiger partial charge in [-0.1, -0.05) is 17.3 Å². The molecule has 134 valence electrons. The highest BCUT2D eigenvalue weighted by Crippen LogP contribution is 2.22. The quantitative estimate of drug-likeness (QED) is 0.667. The lowest BCUT2D eigenvalue weighted by Gasteiger charge is -2.11.